The summed E-state index contributed by atoms with van der Waals surface area (Å²) in [5.74, 6) is -1.05. The first-order chi connectivity index (χ1) is 8.89. The van der Waals surface area contributed by atoms with Crippen molar-refractivity contribution >= 4 is 12.4 Å². The first kappa shape index (κ1) is 17.2. The Labute approximate surface area is 122 Å². The van der Waals surface area contributed by atoms with Gasteiger partial charge in [-0.2, -0.15) is 13.2 Å². The van der Waals surface area contributed by atoms with Gasteiger partial charge in [0.2, 0.25) is 0 Å². The minimum absolute atomic E-state index is 0. The highest BCUT2D eigenvalue weighted by Gasteiger charge is 2.35. The Morgan fingerprint density at radius 2 is 1.70 bits per heavy atom. The van der Waals surface area contributed by atoms with Crippen LogP contribution in [0.2, 0.25) is 0 Å². The zero-order valence-electron chi connectivity index (χ0n) is 10.9. The van der Waals surface area contributed by atoms with E-state index >= 15 is 0 Å². The molecule has 2 rings (SSSR count). The Hall–Kier alpha value is -0.810. The van der Waals surface area contributed by atoms with Crippen LogP contribution in [0, 0.1) is 11.7 Å². The van der Waals surface area contributed by atoms with Crippen LogP contribution in [0.4, 0.5) is 17.6 Å². The van der Waals surface area contributed by atoms with Gasteiger partial charge in [-0.1, -0.05) is 25.3 Å². The fourth-order valence-corrected chi connectivity index (χ4v) is 2.73. The molecule has 0 amide bonds. The molecule has 1 aliphatic rings. The van der Waals surface area contributed by atoms with Gasteiger partial charge >= 0.3 is 6.18 Å². The van der Waals surface area contributed by atoms with Crippen molar-refractivity contribution in [1.82, 2.24) is 0 Å². The summed E-state index contributed by atoms with van der Waals surface area (Å²) in [5, 5.41) is 0. The lowest BCUT2D eigenvalue weighted by Crippen LogP contribution is -2.24. The molecular weight excluding hydrogens is 294 g/mol. The Morgan fingerprint density at radius 1 is 1.10 bits per heavy atom. The molecule has 0 aliphatic heterocycles. The molecule has 0 bridgehead atoms. The van der Waals surface area contributed by atoms with E-state index in [-0.39, 0.29) is 18.3 Å². The molecule has 1 nitrogen and oxygen atoms in total. The van der Waals surface area contributed by atoms with E-state index in [1.807, 2.05) is 0 Å². The number of hydrogen-bond donors (Lipinski definition) is 1. The lowest BCUT2D eigenvalue weighted by Gasteiger charge is -2.28. The lowest BCUT2D eigenvalue weighted by molar-refractivity contribution is -0.140. The van der Waals surface area contributed by atoms with Gasteiger partial charge < -0.3 is 5.73 Å². The Balaban J connectivity index is 0.00000200. The van der Waals surface area contributed by atoms with Gasteiger partial charge in [0.1, 0.15) is 5.82 Å². The van der Waals surface area contributed by atoms with Gasteiger partial charge in [-0.15, -0.1) is 12.4 Å². The molecule has 20 heavy (non-hydrogen) atoms. The van der Waals surface area contributed by atoms with Crippen LogP contribution in [-0.2, 0) is 6.18 Å². The first-order valence-electron chi connectivity index (χ1n) is 6.52. The predicted molar refractivity (Wildman–Crippen MR) is 72.2 cm³/mol. The van der Waals surface area contributed by atoms with E-state index < -0.39 is 23.6 Å². The Kier molecular flexibility index (Phi) is 5.83. The number of benzene rings is 1. The van der Waals surface area contributed by atoms with Crippen LogP contribution < -0.4 is 5.73 Å². The lowest BCUT2D eigenvalue weighted by atomic mass is 9.81. The summed E-state index contributed by atoms with van der Waals surface area (Å²) in [6.07, 6.45) is 0.462. The maximum absolute atomic E-state index is 13.2. The van der Waals surface area contributed by atoms with Gasteiger partial charge in [-0.3, -0.25) is 0 Å². The largest absolute Gasteiger partial charge is 0.419 e. The molecule has 114 valence electrons. The monoisotopic (exact) mass is 311 g/mol. The summed E-state index contributed by atoms with van der Waals surface area (Å²) in [6.45, 7) is 0. The van der Waals surface area contributed by atoms with Gasteiger partial charge in [0.25, 0.3) is 0 Å². The minimum Gasteiger partial charge on any atom is -0.324 e. The molecule has 6 heteroatoms. The summed E-state index contributed by atoms with van der Waals surface area (Å²) in [6, 6.07) is 2.64. The van der Waals surface area contributed by atoms with Crippen LogP contribution in [0.1, 0.15) is 49.3 Å². The second kappa shape index (κ2) is 6.76. The third-order valence-electron chi connectivity index (χ3n) is 3.84. The van der Waals surface area contributed by atoms with E-state index in [0.717, 1.165) is 44.2 Å². The number of halogens is 5. The molecule has 0 aromatic heterocycles. The fraction of sp³-hybridized carbons (Fsp3) is 0.571. The predicted octanol–water partition coefficient (Wildman–Crippen LogP) is 4.85. The molecular formula is C14H18ClF4N. The highest BCUT2D eigenvalue weighted by molar-refractivity contribution is 5.85. The van der Waals surface area contributed by atoms with Gasteiger partial charge in [0.15, 0.2) is 0 Å². The molecule has 0 spiro atoms. The minimum atomic E-state index is -4.67. The van der Waals surface area contributed by atoms with E-state index in [1.54, 1.807) is 0 Å². The number of alkyl halides is 3. The van der Waals surface area contributed by atoms with Crippen molar-refractivity contribution in [3.8, 4) is 0 Å². The summed E-state index contributed by atoms with van der Waals surface area (Å²) in [5.41, 5.74) is 5.19. The Morgan fingerprint density at radius 3 is 2.25 bits per heavy atom. The number of nitrogens with two attached hydrogens (primary N) is 1. The van der Waals surface area contributed by atoms with Crippen molar-refractivity contribution < 1.29 is 17.6 Å². The van der Waals surface area contributed by atoms with Crippen LogP contribution in [0.3, 0.4) is 0 Å². The number of hydrogen-bond acceptors (Lipinski definition) is 1. The highest BCUT2D eigenvalue weighted by atomic mass is 35.5. The van der Waals surface area contributed by atoms with Crippen LogP contribution >= 0.6 is 12.4 Å². The zero-order chi connectivity index (χ0) is 14.0. The topological polar surface area (TPSA) is 26.0 Å². The second-order valence-corrected chi connectivity index (χ2v) is 5.16. The van der Waals surface area contributed by atoms with Crippen LogP contribution in [0.5, 0.6) is 0 Å². The smallest absolute Gasteiger partial charge is 0.324 e. The average Bonchev–Trinajstić information content (AvgIpc) is 2.38. The Bertz CT molecular complexity index is 441. The second-order valence-electron chi connectivity index (χ2n) is 5.16. The molecule has 1 atom stereocenters. The molecule has 0 heterocycles. The quantitative estimate of drug-likeness (QED) is 0.777. The van der Waals surface area contributed by atoms with Crippen molar-refractivity contribution in [2.45, 2.75) is 44.3 Å². The summed E-state index contributed by atoms with van der Waals surface area (Å²) in [4.78, 5) is 0. The third-order valence-corrected chi connectivity index (χ3v) is 3.84. The summed E-state index contributed by atoms with van der Waals surface area (Å²) < 4.78 is 51.2. The van der Waals surface area contributed by atoms with Crippen molar-refractivity contribution in [2.24, 2.45) is 11.7 Å². The number of rotatable bonds is 2. The molecule has 1 saturated carbocycles. The van der Waals surface area contributed by atoms with Crippen molar-refractivity contribution in [1.29, 1.82) is 0 Å². The van der Waals surface area contributed by atoms with Crippen LogP contribution in [-0.4, -0.2) is 0 Å². The van der Waals surface area contributed by atoms with E-state index in [4.69, 9.17) is 5.73 Å². The van der Waals surface area contributed by atoms with Gasteiger partial charge in [0.05, 0.1) is 5.56 Å². The van der Waals surface area contributed by atoms with Crippen LogP contribution in [0.25, 0.3) is 0 Å². The van der Waals surface area contributed by atoms with Gasteiger partial charge in [-0.05, 0) is 36.5 Å². The fourth-order valence-electron chi connectivity index (χ4n) is 2.73. The maximum atomic E-state index is 13.2. The first-order valence-corrected chi connectivity index (χ1v) is 6.52. The van der Waals surface area contributed by atoms with Crippen LogP contribution in [0.15, 0.2) is 18.2 Å². The third kappa shape index (κ3) is 3.85. The highest BCUT2D eigenvalue weighted by Crippen LogP contribution is 2.36. The van der Waals surface area contributed by atoms with Crippen molar-refractivity contribution in [3.63, 3.8) is 0 Å². The molecule has 1 fully saturated rings. The molecule has 1 aromatic rings. The molecule has 0 radical (unpaired) electrons. The summed E-state index contributed by atoms with van der Waals surface area (Å²) >= 11 is 0. The standard InChI is InChI=1S/C14H17F4N.ClH/c15-12-7-6-10(8-11(12)14(16,17)18)13(19)9-4-2-1-3-5-9;/h6-9,13H,1-5,19H2;1H/t13-;/m1./s1. The molecule has 0 saturated heterocycles. The molecule has 2 N–H and O–H groups in total. The SMILES string of the molecule is Cl.N[C@@H](c1ccc(F)c(C(F)(F)F)c1)C1CCCCC1. The normalized spacial score (nSPS) is 18.4. The van der Waals surface area contributed by atoms with Crippen molar-refractivity contribution in [3.05, 3.63) is 35.1 Å². The van der Waals surface area contributed by atoms with E-state index in [9.17, 15) is 17.6 Å². The van der Waals surface area contributed by atoms with Gasteiger partial charge in [-0.25, -0.2) is 4.39 Å². The average molecular weight is 312 g/mol. The van der Waals surface area contributed by atoms with E-state index in [1.165, 1.54) is 6.07 Å². The molecule has 0 unspecified atom stereocenters. The zero-order valence-corrected chi connectivity index (χ0v) is 11.7. The molecule has 1 aromatic carbocycles. The molecule has 1 aliphatic carbocycles. The van der Waals surface area contributed by atoms with Gasteiger partial charge in [0, 0.05) is 6.04 Å². The van der Waals surface area contributed by atoms with E-state index in [2.05, 4.69) is 0 Å². The van der Waals surface area contributed by atoms with E-state index in [0.29, 0.717) is 5.56 Å². The summed E-state index contributed by atoms with van der Waals surface area (Å²) in [7, 11) is 0. The van der Waals surface area contributed by atoms with Crippen molar-refractivity contribution in [2.75, 3.05) is 0 Å². The maximum Gasteiger partial charge on any atom is 0.419 e.